The Morgan fingerprint density at radius 2 is 2.38 bits per heavy atom. The molecule has 2 saturated heterocycles. The number of rotatable bonds is 2. The Bertz CT molecular complexity index is 292. The van der Waals surface area contributed by atoms with Gasteiger partial charge in [0, 0.05) is 13.7 Å². The molecule has 5 nitrogen and oxygen atoms in total. The molecule has 2 aliphatic heterocycles. The lowest BCUT2D eigenvalue weighted by Gasteiger charge is -2.37. The zero-order chi connectivity index (χ0) is 11.7. The average Bonchev–Trinajstić information content (AvgIpc) is 2.69. The van der Waals surface area contributed by atoms with E-state index in [9.17, 15) is 9.50 Å². The number of ether oxygens (including phenoxy) is 1. The van der Waals surface area contributed by atoms with Gasteiger partial charge in [0.25, 0.3) is 0 Å². The van der Waals surface area contributed by atoms with Gasteiger partial charge in [0.05, 0.1) is 12.1 Å². The van der Waals surface area contributed by atoms with E-state index >= 15 is 0 Å². The van der Waals surface area contributed by atoms with Gasteiger partial charge in [0.1, 0.15) is 11.5 Å². The van der Waals surface area contributed by atoms with Crippen LogP contribution in [0.1, 0.15) is 6.42 Å². The van der Waals surface area contributed by atoms with Crippen molar-refractivity contribution in [3.05, 3.63) is 0 Å². The van der Waals surface area contributed by atoms with Gasteiger partial charge in [0.15, 0.2) is 11.3 Å². The minimum absolute atomic E-state index is 0.126. The maximum Gasteiger partial charge on any atom is 0.159 e. The summed E-state index contributed by atoms with van der Waals surface area (Å²) in [4.78, 5) is 3.93. The first kappa shape index (κ1) is 12.1. The smallest absolute Gasteiger partial charge is 0.159 e. The standard InChI is InChI=1S/C9H15FN2O3S/c1-11-9-12-6-5(10)7(14)4(2-3-13)15-8(6)16-9/h4-8,13-14H,2-3H2,1H3,(H,11,12)/t4-,5-,6-,7+,8-/m1/s1. The predicted molar refractivity (Wildman–Crippen MR) is 59.1 cm³/mol. The monoisotopic (exact) mass is 250 g/mol. The van der Waals surface area contributed by atoms with Crippen LogP contribution >= 0.6 is 11.8 Å². The SMILES string of the molecule is CN=C1N[C@@H]2[C@@H](F)[C@@H](O)[C@@H](CCO)O[C@@H]2S1. The van der Waals surface area contributed by atoms with Crippen LogP contribution in [0, 0.1) is 0 Å². The molecule has 92 valence electrons. The second-order valence-corrected chi connectivity index (χ2v) is 4.89. The highest BCUT2D eigenvalue weighted by atomic mass is 32.2. The van der Waals surface area contributed by atoms with Crippen LogP contribution in [-0.2, 0) is 4.74 Å². The summed E-state index contributed by atoms with van der Waals surface area (Å²) in [5.41, 5.74) is -0.381. The summed E-state index contributed by atoms with van der Waals surface area (Å²) >= 11 is 1.31. The van der Waals surface area contributed by atoms with E-state index in [1.165, 1.54) is 11.8 Å². The Morgan fingerprint density at radius 1 is 1.62 bits per heavy atom. The fourth-order valence-corrected chi connectivity index (χ4v) is 3.02. The van der Waals surface area contributed by atoms with E-state index in [2.05, 4.69) is 10.3 Å². The van der Waals surface area contributed by atoms with Gasteiger partial charge in [-0.3, -0.25) is 4.99 Å². The van der Waals surface area contributed by atoms with Gasteiger partial charge in [-0.05, 0) is 6.42 Å². The summed E-state index contributed by atoms with van der Waals surface area (Å²) in [7, 11) is 1.61. The second kappa shape index (κ2) is 4.87. The third-order valence-corrected chi connectivity index (χ3v) is 3.95. The molecule has 0 radical (unpaired) electrons. The minimum atomic E-state index is -1.40. The Morgan fingerprint density at radius 3 is 3.00 bits per heavy atom. The van der Waals surface area contributed by atoms with Gasteiger partial charge < -0.3 is 20.3 Å². The summed E-state index contributed by atoms with van der Waals surface area (Å²) < 4.78 is 19.4. The fraction of sp³-hybridized carbons (Fsp3) is 0.889. The van der Waals surface area contributed by atoms with E-state index in [4.69, 9.17) is 9.84 Å². The van der Waals surface area contributed by atoms with Crippen molar-refractivity contribution in [3.8, 4) is 0 Å². The first-order valence-electron chi connectivity index (χ1n) is 5.15. The van der Waals surface area contributed by atoms with E-state index in [-0.39, 0.29) is 18.5 Å². The molecule has 0 bridgehead atoms. The molecule has 0 saturated carbocycles. The molecule has 2 fully saturated rings. The fourth-order valence-electron chi connectivity index (χ4n) is 1.92. The van der Waals surface area contributed by atoms with Crippen molar-refractivity contribution in [2.75, 3.05) is 13.7 Å². The summed E-state index contributed by atoms with van der Waals surface area (Å²) in [6.45, 7) is -0.126. The lowest BCUT2D eigenvalue weighted by molar-refractivity contribution is -0.139. The maximum atomic E-state index is 13.9. The van der Waals surface area contributed by atoms with Gasteiger partial charge in [-0.1, -0.05) is 11.8 Å². The highest BCUT2D eigenvalue weighted by molar-refractivity contribution is 8.14. The molecule has 0 aliphatic carbocycles. The normalized spacial score (nSPS) is 45.5. The Hall–Kier alpha value is -0.370. The Kier molecular flexibility index (Phi) is 3.68. The quantitative estimate of drug-likeness (QED) is 0.615. The van der Waals surface area contributed by atoms with E-state index in [1.54, 1.807) is 7.05 Å². The molecule has 0 amide bonds. The zero-order valence-electron chi connectivity index (χ0n) is 8.84. The van der Waals surface area contributed by atoms with Crippen LogP contribution in [0.5, 0.6) is 0 Å². The van der Waals surface area contributed by atoms with Gasteiger partial charge in [-0.25, -0.2) is 4.39 Å². The van der Waals surface area contributed by atoms with Gasteiger partial charge in [0.2, 0.25) is 0 Å². The molecule has 3 N–H and O–H groups in total. The zero-order valence-corrected chi connectivity index (χ0v) is 9.65. The van der Waals surface area contributed by atoms with Crippen molar-refractivity contribution in [3.63, 3.8) is 0 Å². The molecule has 0 spiro atoms. The number of aliphatic imine (C=N–C) groups is 1. The van der Waals surface area contributed by atoms with E-state index in [1.807, 2.05) is 0 Å². The first-order chi connectivity index (χ1) is 7.67. The third kappa shape index (κ3) is 2.04. The number of amidine groups is 1. The molecule has 16 heavy (non-hydrogen) atoms. The molecule has 0 unspecified atom stereocenters. The molecular formula is C9H15FN2O3S. The summed E-state index contributed by atoms with van der Waals surface area (Å²) in [5.74, 6) is 0. The summed E-state index contributed by atoms with van der Waals surface area (Å²) in [6.07, 6.45) is -3.00. The van der Waals surface area contributed by atoms with Crippen LogP contribution in [0.4, 0.5) is 4.39 Å². The molecule has 2 heterocycles. The van der Waals surface area contributed by atoms with Crippen LogP contribution in [0.3, 0.4) is 0 Å². The molecule has 0 aromatic rings. The highest BCUT2D eigenvalue weighted by Gasteiger charge is 2.49. The number of aliphatic hydroxyl groups is 2. The molecule has 0 aromatic carbocycles. The predicted octanol–water partition coefficient (Wildman–Crippen LogP) is -0.516. The van der Waals surface area contributed by atoms with Crippen LogP contribution in [-0.4, -0.2) is 58.9 Å². The van der Waals surface area contributed by atoms with Crippen molar-refractivity contribution in [2.45, 2.75) is 36.3 Å². The summed E-state index contributed by atoms with van der Waals surface area (Å²) in [6, 6.07) is -0.561. The van der Waals surface area contributed by atoms with Crippen LogP contribution in [0.15, 0.2) is 4.99 Å². The van der Waals surface area contributed by atoms with E-state index in [0.29, 0.717) is 5.17 Å². The van der Waals surface area contributed by atoms with E-state index in [0.717, 1.165) is 0 Å². The molecule has 2 rings (SSSR count). The second-order valence-electron chi connectivity index (χ2n) is 3.81. The molecule has 5 atom stereocenters. The number of hydrogen-bond acceptors (Lipinski definition) is 5. The number of thioether (sulfide) groups is 1. The Balaban J connectivity index is 2.09. The van der Waals surface area contributed by atoms with Crippen molar-refractivity contribution >= 4 is 16.9 Å². The number of alkyl halides is 1. The van der Waals surface area contributed by atoms with Crippen molar-refractivity contribution in [1.82, 2.24) is 5.32 Å². The lowest BCUT2D eigenvalue weighted by atomic mass is 9.97. The summed E-state index contributed by atoms with van der Waals surface area (Å²) in [5, 5.41) is 22.0. The Labute approximate surface area is 97.1 Å². The molecular weight excluding hydrogens is 235 g/mol. The van der Waals surface area contributed by atoms with Gasteiger partial charge in [-0.2, -0.15) is 0 Å². The van der Waals surface area contributed by atoms with Crippen molar-refractivity contribution < 1.29 is 19.3 Å². The van der Waals surface area contributed by atoms with Crippen molar-refractivity contribution in [1.29, 1.82) is 0 Å². The first-order valence-corrected chi connectivity index (χ1v) is 6.03. The number of halogens is 1. The highest BCUT2D eigenvalue weighted by Crippen LogP contribution is 2.35. The number of fused-ring (bicyclic) bond motifs is 1. The maximum absolute atomic E-state index is 13.9. The minimum Gasteiger partial charge on any atom is -0.396 e. The lowest BCUT2D eigenvalue weighted by Crippen LogP contribution is -2.57. The van der Waals surface area contributed by atoms with Gasteiger partial charge in [-0.15, -0.1) is 0 Å². The number of aliphatic hydroxyl groups excluding tert-OH is 2. The largest absolute Gasteiger partial charge is 0.396 e. The third-order valence-electron chi connectivity index (χ3n) is 2.79. The molecule has 2 aliphatic rings. The van der Waals surface area contributed by atoms with E-state index < -0.39 is 24.4 Å². The molecule has 7 heteroatoms. The number of nitrogens with one attached hydrogen (secondary N) is 1. The number of nitrogens with zero attached hydrogens (tertiary/aromatic N) is 1. The van der Waals surface area contributed by atoms with Crippen LogP contribution in [0.25, 0.3) is 0 Å². The van der Waals surface area contributed by atoms with Crippen LogP contribution in [0.2, 0.25) is 0 Å². The molecule has 0 aromatic heterocycles. The topological polar surface area (TPSA) is 74.1 Å². The van der Waals surface area contributed by atoms with Crippen molar-refractivity contribution in [2.24, 2.45) is 4.99 Å². The van der Waals surface area contributed by atoms with Gasteiger partial charge >= 0.3 is 0 Å². The number of hydrogen-bond donors (Lipinski definition) is 3. The van der Waals surface area contributed by atoms with Crippen LogP contribution < -0.4 is 5.32 Å². The average molecular weight is 250 g/mol.